The highest BCUT2D eigenvalue weighted by atomic mass is 16.4. The Morgan fingerprint density at radius 3 is 2.21 bits per heavy atom. The molecule has 3 fully saturated rings. The summed E-state index contributed by atoms with van der Waals surface area (Å²) in [6, 6.07) is 0.274. The number of rotatable bonds is 4. The fourth-order valence-corrected chi connectivity index (χ4v) is 4.20. The van der Waals surface area contributed by atoms with E-state index >= 15 is 0 Å². The smallest absolute Gasteiger partial charge is 0.320 e. The van der Waals surface area contributed by atoms with Crippen molar-refractivity contribution in [2.75, 3.05) is 0 Å². The molecule has 4 atom stereocenters. The maximum atomic E-state index is 10.7. The number of aliphatic carboxylic acids is 2. The first-order chi connectivity index (χ1) is 11.5. The first-order valence-electron chi connectivity index (χ1n) is 9.45. The van der Waals surface area contributed by atoms with Crippen molar-refractivity contribution < 1.29 is 19.8 Å². The second-order valence-corrected chi connectivity index (χ2v) is 7.51. The van der Waals surface area contributed by atoms with Gasteiger partial charge in [0, 0.05) is 12.1 Å². The topological polar surface area (TPSA) is 98.7 Å². The normalized spacial score (nSPS) is 31.5. The van der Waals surface area contributed by atoms with E-state index in [-0.39, 0.29) is 6.04 Å². The van der Waals surface area contributed by atoms with Crippen LogP contribution < -0.4 is 10.6 Å². The van der Waals surface area contributed by atoms with Gasteiger partial charge in [0.15, 0.2) is 0 Å². The van der Waals surface area contributed by atoms with Crippen LogP contribution in [-0.2, 0) is 9.59 Å². The van der Waals surface area contributed by atoms with E-state index in [0.29, 0.717) is 18.0 Å². The van der Waals surface area contributed by atoms with Crippen LogP contribution in [-0.4, -0.2) is 46.3 Å². The van der Waals surface area contributed by atoms with E-state index in [1.807, 2.05) is 0 Å². The van der Waals surface area contributed by atoms with Crippen LogP contribution in [0.15, 0.2) is 0 Å². The summed E-state index contributed by atoms with van der Waals surface area (Å²) in [5, 5.41) is 23.8. The van der Waals surface area contributed by atoms with E-state index in [9.17, 15) is 9.59 Å². The summed E-state index contributed by atoms with van der Waals surface area (Å²) in [5.74, 6) is -0.787. The lowest BCUT2D eigenvalue weighted by atomic mass is 9.85. The lowest BCUT2D eigenvalue weighted by Gasteiger charge is -2.24. The van der Waals surface area contributed by atoms with Gasteiger partial charge in [0.2, 0.25) is 0 Å². The van der Waals surface area contributed by atoms with Gasteiger partial charge in [-0.05, 0) is 44.9 Å². The highest BCUT2D eigenvalue weighted by Crippen LogP contribution is 2.33. The van der Waals surface area contributed by atoms with E-state index in [1.165, 1.54) is 44.9 Å². The molecule has 6 heteroatoms. The van der Waals surface area contributed by atoms with Gasteiger partial charge >= 0.3 is 11.9 Å². The van der Waals surface area contributed by atoms with Gasteiger partial charge in [0.25, 0.3) is 0 Å². The summed E-state index contributed by atoms with van der Waals surface area (Å²) in [4.78, 5) is 21.2. The van der Waals surface area contributed by atoms with Crippen LogP contribution >= 0.6 is 0 Å². The standard InChI is InChI=1S/C9H15NO2.C9H17NO2/c11-9(12)8-5-6-3-1-2-4-7(6)10-8;1-7(9(11)12)10-8-5-3-2-4-6-8/h6-8,10H,1-5H2,(H,11,12);7-8,10H,2-6H2,1H3,(H,11,12)/t;7-/m.0/s1. The van der Waals surface area contributed by atoms with Gasteiger partial charge in [-0.2, -0.15) is 0 Å². The summed E-state index contributed by atoms with van der Waals surface area (Å²) < 4.78 is 0. The number of carbonyl (C=O) groups is 2. The summed E-state index contributed by atoms with van der Waals surface area (Å²) in [7, 11) is 0. The molecule has 0 radical (unpaired) electrons. The number of fused-ring (bicyclic) bond motifs is 1. The van der Waals surface area contributed by atoms with E-state index < -0.39 is 18.0 Å². The van der Waals surface area contributed by atoms with E-state index in [1.54, 1.807) is 6.92 Å². The molecule has 2 aliphatic carbocycles. The molecule has 1 heterocycles. The molecule has 0 amide bonds. The third-order valence-corrected chi connectivity index (χ3v) is 5.62. The van der Waals surface area contributed by atoms with Crippen LogP contribution in [0.4, 0.5) is 0 Å². The first-order valence-corrected chi connectivity index (χ1v) is 9.45. The maximum Gasteiger partial charge on any atom is 0.320 e. The molecule has 0 bridgehead atoms. The van der Waals surface area contributed by atoms with Crippen molar-refractivity contribution in [3.8, 4) is 0 Å². The molecule has 0 aromatic carbocycles. The summed E-state index contributed by atoms with van der Waals surface area (Å²) in [5.41, 5.74) is 0. The number of nitrogens with one attached hydrogen (secondary N) is 2. The molecule has 1 aliphatic heterocycles. The van der Waals surface area contributed by atoms with E-state index in [0.717, 1.165) is 19.3 Å². The fourth-order valence-electron chi connectivity index (χ4n) is 4.20. The van der Waals surface area contributed by atoms with Gasteiger partial charge in [-0.1, -0.05) is 32.1 Å². The number of carboxylic acids is 2. The Balaban J connectivity index is 0.000000174. The summed E-state index contributed by atoms with van der Waals surface area (Å²) in [6.07, 6.45) is 11.9. The predicted molar refractivity (Wildman–Crippen MR) is 92.0 cm³/mol. The molecule has 24 heavy (non-hydrogen) atoms. The van der Waals surface area contributed by atoms with Crippen LogP contribution in [0.1, 0.15) is 71.1 Å². The van der Waals surface area contributed by atoms with Crippen LogP contribution in [0.2, 0.25) is 0 Å². The van der Waals surface area contributed by atoms with Crippen LogP contribution in [0, 0.1) is 5.92 Å². The van der Waals surface area contributed by atoms with Gasteiger partial charge in [-0.3, -0.25) is 9.59 Å². The number of carboxylic acid groups (broad SMARTS) is 2. The van der Waals surface area contributed by atoms with Crippen molar-refractivity contribution in [2.24, 2.45) is 5.92 Å². The minimum Gasteiger partial charge on any atom is -0.480 e. The molecule has 3 unspecified atom stereocenters. The van der Waals surface area contributed by atoms with Crippen LogP contribution in [0.25, 0.3) is 0 Å². The molecule has 4 N–H and O–H groups in total. The highest BCUT2D eigenvalue weighted by molar-refractivity contribution is 5.74. The highest BCUT2D eigenvalue weighted by Gasteiger charge is 2.37. The molecule has 0 spiro atoms. The zero-order valence-electron chi connectivity index (χ0n) is 14.7. The Kier molecular flexibility index (Phi) is 7.49. The van der Waals surface area contributed by atoms with Crippen molar-refractivity contribution in [2.45, 2.75) is 95.3 Å². The molecule has 1 saturated heterocycles. The minimum atomic E-state index is -0.749. The Morgan fingerprint density at radius 2 is 1.62 bits per heavy atom. The Morgan fingerprint density at radius 1 is 1.00 bits per heavy atom. The largest absolute Gasteiger partial charge is 0.480 e. The lowest BCUT2D eigenvalue weighted by Crippen LogP contribution is -2.42. The SMILES string of the molecule is C[C@H](NC1CCCCC1)C(=O)O.O=C(O)C1CC2CCCCC2N1. The van der Waals surface area contributed by atoms with Crippen molar-refractivity contribution in [1.82, 2.24) is 10.6 Å². The summed E-state index contributed by atoms with van der Waals surface area (Å²) >= 11 is 0. The Labute approximate surface area is 144 Å². The lowest BCUT2D eigenvalue weighted by molar-refractivity contribution is -0.140. The monoisotopic (exact) mass is 340 g/mol. The number of hydrogen-bond donors (Lipinski definition) is 4. The van der Waals surface area contributed by atoms with Gasteiger partial charge < -0.3 is 20.8 Å². The van der Waals surface area contributed by atoms with Gasteiger partial charge in [-0.25, -0.2) is 0 Å². The van der Waals surface area contributed by atoms with Gasteiger partial charge in [0.05, 0.1) is 0 Å². The Bertz CT molecular complexity index is 409. The third-order valence-electron chi connectivity index (χ3n) is 5.62. The zero-order valence-corrected chi connectivity index (χ0v) is 14.7. The maximum absolute atomic E-state index is 10.7. The Hall–Kier alpha value is -1.14. The quantitative estimate of drug-likeness (QED) is 0.627. The molecule has 138 valence electrons. The van der Waals surface area contributed by atoms with E-state index in [4.69, 9.17) is 10.2 Å². The second kappa shape index (κ2) is 9.37. The minimum absolute atomic E-state index is 0.266. The zero-order chi connectivity index (χ0) is 17.5. The molecule has 0 aromatic rings. The average molecular weight is 340 g/mol. The van der Waals surface area contributed by atoms with Crippen LogP contribution in [0.3, 0.4) is 0 Å². The molecular formula is C18H32N2O4. The molecule has 0 aromatic heterocycles. The van der Waals surface area contributed by atoms with Crippen molar-refractivity contribution in [1.29, 1.82) is 0 Å². The molecule has 6 nitrogen and oxygen atoms in total. The van der Waals surface area contributed by atoms with Crippen LogP contribution in [0.5, 0.6) is 0 Å². The van der Waals surface area contributed by atoms with Crippen molar-refractivity contribution in [3.05, 3.63) is 0 Å². The molecule has 2 saturated carbocycles. The molecular weight excluding hydrogens is 308 g/mol. The predicted octanol–water partition coefficient (Wildman–Crippen LogP) is 2.37. The molecule has 3 aliphatic rings. The second-order valence-electron chi connectivity index (χ2n) is 7.51. The van der Waals surface area contributed by atoms with Crippen molar-refractivity contribution in [3.63, 3.8) is 0 Å². The number of hydrogen-bond acceptors (Lipinski definition) is 4. The van der Waals surface area contributed by atoms with E-state index in [2.05, 4.69) is 10.6 Å². The average Bonchev–Trinajstić information content (AvgIpc) is 3.01. The fraction of sp³-hybridized carbons (Fsp3) is 0.889. The van der Waals surface area contributed by atoms with Crippen molar-refractivity contribution >= 4 is 11.9 Å². The van der Waals surface area contributed by atoms with Gasteiger partial charge in [-0.15, -0.1) is 0 Å². The molecule has 3 rings (SSSR count). The summed E-state index contributed by atoms with van der Waals surface area (Å²) in [6.45, 7) is 1.71. The third kappa shape index (κ3) is 5.74. The first kappa shape index (κ1) is 19.2. The van der Waals surface area contributed by atoms with Gasteiger partial charge in [0.1, 0.15) is 12.1 Å².